The highest BCUT2D eigenvalue weighted by atomic mass is 16.6. The van der Waals surface area contributed by atoms with E-state index in [1.165, 1.54) is 7.11 Å². The third-order valence-corrected chi connectivity index (χ3v) is 3.90. The van der Waals surface area contributed by atoms with Crippen LogP contribution in [0.15, 0.2) is 24.3 Å². The molecule has 126 valence electrons. The molecule has 1 fully saturated rings. The normalized spacial score (nSPS) is 24.3. The molecule has 1 heterocycles. The maximum absolute atomic E-state index is 12.3. The van der Waals surface area contributed by atoms with Gasteiger partial charge in [0.05, 0.1) is 13.0 Å². The first-order valence-corrected chi connectivity index (χ1v) is 7.84. The molecule has 1 aliphatic heterocycles. The van der Waals surface area contributed by atoms with Gasteiger partial charge in [-0.05, 0) is 39.7 Å². The van der Waals surface area contributed by atoms with Crippen molar-refractivity contribution < 1.29 is 19.1 Å². The van der Waals surface area contributed by atoms with Crippen molar-refractivity contribution in [2.75, 3.05) is 7.11 Å². The summed E-state index contributed by atoms with van der Waals surface area (Å²) in [5.41, 5.74) is 1.56. The molecular formula is C18H25NO4. The maximum Gasteiger partial charge on any atom is 0.323 e. The maximum atomic E-state index is 12.3. The number of hydrogen-bond donors (Lipinski definition) is 1. The summed E-state index contributed by atoms with van der Waals surface area (Å²) in [7, 11) is 1.37. The van der Waals surface area contributed by atoms with Crippen LogP contribution in [0.1, 0.15) is 44.4 Å². The zero-order chi connectivity index (χ0) is 17.2. The third kappa shape index (κ3) is 4.32. The van der Waals surface area contributed by atoms with Crippen molar-refractivity contribution in [2.24, 2.45) is 5.92 Å². The Morgan fingerprint density at radius 2 is 1.74 bits per heavy atom. The topological polar surface area (TPSA) is 64.6 Å². The standard InChI is InChI=1S/C18H25NO4/c1-11-6-8-12(9-7-11)15-13(16(20)22-5)10-14(19-15)17(21)23-18(2,3)4/h6-9,13-15,19H,10H2,1-5H3. The van der Waals surface area contributed by atoms with E-state index in [1.54, 1.807) is 0 Å². The van der Waals surface area contributed by atoms with Crippen molar-refractivity contribution in [3.05, 3.63) is 35.4 Å². The minimum Gasteiger partial charge on any atom is -0.469 e. The number of rotatable bonds is 3. The van der Waals surface area contributed by atoms with E-state index in [0.717, 1.165) is 11.1 Å². The predicted octanol–water partition coefficient (Wildman–Crippen LogP) is 2.53. The molecule has 2 rings (SSSR count). The van der Waals surface area contributed by atoms with Crippen LogP contribution in [0, 0.1) is 12.8 Å². The number of benzene rings is 1. The lowest BCUT2D eigenvalue weighted by Crippen LogP contribution is -2.38. The largest absolute Gasteiger partial charge is 0.469 e. The highest BCUT2D eigenvalue weighted by molar-refractivity contribution is 5.81. The van der Waals surface area contributed by atoms with Crippen molar-refractivity contribution in [1.82, 2.24) is 5.32 Å². The van der Waals surface area contributed by atoms with Crippen LogP contribution >= 0.6 is 0 Å². The molecule has 23 heavy (non-hydrogen) atoms. The molecular weight excluding hydrogens is 294 g/mol. The molecule has 5 nitrogen and oxygen atoms in total. The molecule has 1 saturated heterocycles. The van der Waals surface area contributed by atoms with Gasteiger partial charge in [-0.2, -0.15) is 0 Å². The minimum absolute atomic E-state index is 0.249. The molecule has 1 aromatic rings. The van der Waals surface area contributed by atoms with Gasteiger partial charge in [-0.1, -0.05) is 29.8 Å². The molecule has 0 bridgehead atoms. The van der Waals surface area contributed by atoms with Crippen molar-refractivity contribution >= 4 is 11.9 Å². The zero-order valence-electron chi connectivity index (χ0n) is 14.4. The first kappa shape index (κ1) is 17.5. The Morgan fingerprint density at radius 3 is 2.26 bits per heavy atom. The van der Waals surface area contributed by atoms with Gasteiger partial charge in [0.25, 0.3) is 0 Å². The Morgan fingerprint density at radius 1 is 1.13 bits per heavy atom. The summed E-state index contributed by atoms with van der Waals surface area (Å²) in [4.78, 5) is 24.4. The molecule has 0 spiro atoms. The SMILES string of the molecule is COC(=O)C1CC(C(=O)OC(C)(C)C)NC1c1ccc(C)cc1. The number of carbonyl (C=O) groups excluding carboxylic acids is 2. The summed E-state index contributed by atoms with van der Waals surface area (Å²) >= 11 is 0. The van der Waals surface area contributed by atoms with Crippen LogP contribution in [-0.2, 0) is 19.1 Å². The van der Waals surface area contributed by atoms with E-state index in [-0.39, 0.29) is 18.0 Å². The quantitative estimate of drug-likeness (QED) is 0.867. The Kier molecular flexibility index (Phi) is 5.09. The van der Waals surface area contributed by atoms with Gasteiger partial charge in [-0.25, -0.2) is 0 Å². The van der Waals surface area contributed by atoms with Crippen LogP contribution in [0.2, 0.25) is 0 Å². The van der Waals surface area contributed by atoms with Crippen molar-refractivity contribution in [1.29, 1.82) is 0 Å². The molecule has 1 aliphatic rings. The molecule has 0 amide bonds. The summed E-state index contributed by atoms with van der Waals surface area (Å²) < 4.78 is 10.3. The Labute approximate surface area is 137 Å². The lowest BCUT2D eigenvalue weighted by atomic mass is 9.93. The zero-order valence-corrected chi connectivity index (χ0v) is 14.4. The lowest BCUT2D eigenvalue weighted by molar-refractivity contribution is -0.157. The van der Waals surface area contributed by atoms with Crippen molar-refractivity contribution in [3.8, 4) is 0 Å². The van der Waals surface area contributed by atoms with E-state index < -0.39 is 17.6 Å². The van der Waals surface area contributed by atoms with Gasteiger partial charge in [0.2, 0.25) is 0 Å². The summed E-state index contributed by atoms with van der Waals surface area (Å²) in [6, 6.07) is 7.17. The fraction of sp³-hybridized carbons (Fsp3) is 0.556. The second kappa shape index (κ2) is 6.71. The lowest BCUT2D eigenvalue weighted by Gasteiger charge is -2.22. The molecule has 0 saturated carbocycles. The van der Waals surface area contributed by atoms with Crippen LogP contribution in [0.4, 0.5) is 0 Å². The third-order valence-electron chi connectivity index (χ3n) is 3.90. The Hall–Kier alpha value is -1.88. The first-order valence-electron chi connectivity index (χ1n) is 7.84. The van der Waals surface area contributed by atoms with E-state index >= 15 is 0 Å². The molecule has 3 unspecified atom stereocenters. The Bertz CT molecular complexity index is 574. The number of hydrogen-bond acceptors (Lipinski definition) is 5. The monoisotopic (exact) mass is 319 g/mol. The number of aryl methyl sites for hydroxylation is 1. The first-order chi connectivity index (χ1) is 10.7. The van der Waals surface area contributed by atoms with Gasteiger partial charge in [0.15, 0.2) is 0 Å². The highest BCUT2D eigenvalue weighted by Crippen LogP contribution is 2.34. The highest BCUT2D eigenvalue weighted by Gasteiger charge is 2.43. The average Bonchev–Trinajstić information content (AvgIpc) is 2.91. The van der Waals surface area contributed by atoms with Gasteiger partial charge in [0, 0.05) is 6.04 Å². The van der Waals surface area contributed by atoms with Crippen LogP contribution in [0.5, 0.6) is 0 Å². The van der Waals surface area contributed by atoms with Crippen LogP contribution in [-0.4, -0.2) is 30.7 Å². The van der Waals surface area contributed by atoms with Crippen LogP contribution in [0.25, 0.3) is 0 Å². The van der Waals surface area contributed by atoms with E-state index in [4.69, 9.17) is 9.47 Å². The van der Waals surface area contributed by atoms with Gasteiger partial charge in [0.1, 0.15) is 11.6 Å². The second-order valence-electron chi connectivity index (χ2n) is 7.01. The molecule has 1 N–H and O–H groups in total. The molecule has 0 aromatic heterocycles. The smallest absolute Gasteiger partial charge is 0.323 e. The molecule has 0 radical (unpaired) electrons. The van der Waals surface area contributed by atoms with E-state index in [1.807, 2.05) is 52.0 Å². The van der Waals surface area contributed by atoms with Gasteiger partial charge < -0.3 is 9.47 Å². The number of methoxy groups -OCH3 is 1. The number of nitrogens with one attached hydrogen (secondary N) is 1. The second-order valence-corrected chi connectivity index (χ2v) is 7.01. The van der Waals surface area contributed by atoms with Crippen LogP contribution in [0.3, 0.4) is 0 Å². The molecule has 1 aromatic carbocycles. The fourth-order valence-corrected chi connectivity index (χ4v) is 2.81. The van der Waals surface area contributed by atoms with Gasteiger partial charge in [-0.3, -0.25) is 14.9 Å². The Balaban J connectivity index is 2.20. The van der Waals surface area contributed by atoms with Crippen molar-refractivity contribution in [3.63, 3.8) is 0 Å². The molecule has 0 aliphatic carbocycles. The predicted molar refractivity (Wildman–Crippen MR) is 86.8 cm³/mol. The molecule has 3 atom stereocenters. The fourth-order valence-electron chi connectivity index (χ4n) is 2.81. The average molecular weight is 319 g/mol. The van der Waals surface area contributed by atoms with E-state index in [0.29, 0.717) is 6.42 Å². The minimum atomic E-state index is -0.554. The summed E-state index contributed by atoms with van der Waals surface area (Å²) in [5.74, 6) is -1.05. The number of esters is 2. The summed E-state index contributed by atoms with van der Waals surface area (Å²) in [5, 5.41) is 3.24. The summed E-state index contributed by atoms with van der Waals surface area (Å²) in [6.07, 6.45) is 0.375. The number of ether oxygens (including phenoxy) is 2. The van der Waals surface area contributed by atoms with Crippen molar-refractivity contribution in [2.45, 2.75) is 51.8 Å². The van der Waals surface area contributed by atoms with Gasteiger partial charge >= 0.3 is 11.9 Å². The van der Waals surface area contributed by atoms with Gasteiger partial charge in [-0.15, -0.1) is 0 Å². The van der Waals surface area contributed by atoms with E-state index in [9.17, 15) is 9.59 Å². The summed E-state index contributed by atoms with van der Waals surface area (Å²) in [6.45, 7) is 7.49. The van der Waals surface area contributed by atoms with E-state index in [2.05, 4.69) is 5.32 Å². The molecule has 5 heteroatoms. The number of carbonyl (C=O) groups is 2. The van der Waals surface area contributed by atoms with Crippen LogP contribution < -0.4 is 5.32 Å².